The number of hydrogen-bond donors (Lipinski definition) is 0. The van der Waals surface area contributed by atoms with E-state index in [1.54, 1.807) is 0 Å². The second kappa shape index (κ2) is 10.6. The van der Waals surface area contributed by atoms with Crippen LogP contribution in [0, 0.1) is 0 Å². The molecule has 0 fully saturated rings. The van der Waals surface area contributed by atoms with Crippen LogP contribution in [0.15, 0.2) is 158 Å². The van der Waals surface area contributed by atoms with Gasteiger partial charge in [-0.15, -0.1) is 0 Å². The number of hydrogen-bond acceptors (Lipinski definition) is 6. The van der Waals surface area contributed by atoms with Crippen LogP contribution < -0.4 is 19.3 Å². The van der Waals surface area contributed by atoms with Crippen molar-refractivity contribution in [2.24, 2.45) is 0 Å². The number of anilines is 6. The Kier molecular flexibility index (Phi) is 6.03. The molecule has 0 bridgehead atoms. The summed E-state index contributed by atoms with van der Waals surface area (Å²) < 4.78 is 12.8. The molecule has 0 N–H and O–H groups in total. The molecule has 0 radical (unpaired) electrons. The fraction of sp³-hybridized carbons (Fsp3) is 0. The van der Waals surface area contributed by atoms with Crippen molar-refractivity contribution in [1.82, 2.24) is 9.97 Å². The molecule has 2 aliphatic heterocycles. The van der Waals surface area contributed by atoms with Crippen LogP contribution in [-0.2, 0) is 0 Å². The quantitative estimate of drug-likeness (QED) is 0.202. The molecule has 0 atom stereocenters. The SMILES string of the molecule is c1ccc(-c2cc(N3c4ccccc4Oc4ccccc43)c(-c3ccccn3)cc2N2c3ccccc3Oc3ccccc32)nc1. The number of benzene rings is 5. The number of nitrogens with zero attached hydrogens (tertiary/aromatic N) is 4. The van der Waals surface area contributed by atoms with Gasteiger partial charge in [-0.25, -0.2) is 0 Å². The lowest BCUT2D eigenvalue weighted by Crippen LogP contribution is -2.19. The lowest BCUT2D eigenvalue weighted by atomic mass is 9.96. The van der Waals surface area contributed by atoms with Gasteiger partial charge in [0.25, 0.3) is 0 Å². The molecule has 7 aromatic rings. The largest absolute Gasteiger partial charge is 0.453 e. The Balaban J connectivity index is 1.39. The Labute approximate surface area is 266 Å². The maximum atomic E-state index is 6.39. The minimum Gasteiger partial charge on any atom is -0.453 e. The maximum Gasteiger partial charge on any atom is 0.151 e. The molecule has 0 spiro atoms. The van der Waals surface area contributed by atoms with E-state index in [4.69, 9.17) is 19.4 Å². The van der Waals surface area contributed by atoms with E-state index in [0.29, 0.717) is 0 Å². The molecule has 0 saturated heterocycles. The van der Waals surface area contributed by atoms with Gasteiger partial charge in [-0.3, -0.25) is 9.97 Å². The molecule has 9 rings (SSSR count). The third-order valence-electron chi connectivity index (χ3n) is 8.34. The third-order valence-corrected chi connectivity index (χ3v) is 8.34. The molecule has 0 aliphatic carbocycles. The zero-order chi connectivity index (χ0) is 30.5. The van der Waals surface area contributed by atoms with Crippen LogP contribution in [0.1, 0.15) is 0 Å². The molecule has 0 amide bonds. The standard InChI is InChI=1S/C40H26N4O2/c1-5-19-37-31(15-1)43(32-16-2-6-20-38(32)45-37)35-25-28(30-14-10-12-24-42-30)36(26-27(35)29-13-9-11-23-41-29)44-33-17-3-7-21-39(33)46-40-22-8-4-18-34(40)44/h1-26H. The van der Waals surface area contributed by atoms with Gasteiger partial charge in [0, 0.05) is 23.5 Å². The highest BCUT2D eigenvalue weighted by molar-refractivity contribution is 6.00. The van der Waals surface area contributed by atoms with E-state index in [1.165, 1.54) is 0 Å². The van der Waals surface area contributed by atoms with Crippen molar-refractivity contribution in [1.29, 1.82) is 0 Å². The van der Waals surface area contributed by atoms with Crippen LogP contribution in [0.3, 0.4) is 0 Å². The predicted molar refractivity (Wildman–Crippen MR) is 182 cm³/mol. The predicted octanol–water partition coefficient (Wildman–Crippen LogP) is 11.0. The van der Waals surface area contributed by atoms with E-state index in [0.717, 1.165) is 79.6 Å². The van der Waals surface area contributed by atoms with Gasteiger partial charge in [-0.2, -0.15) is 0 Å². The minimum absolute atomic E-state index is 0.785. The molecule has 6 nitrogen and oxygen atoms in total. The van der Waals surface area contributed by atoms with Crippen molar-refractivity contribution in [3.63, 3.8) is 0 Å². The number of para-hydroxylation sites is 8. The molecular weight excluding hydrogens is 568 g/mol. The van der Waals surface area contributed by atoms with Crippen LogP contribution in [-0.4, -0.2) is 9.97 Å². The van der Waals surface area contributed by atoms with E-state index in [9.17, 15) is 0 Å². The lowest BCUT2D eigenvalue weighted by Gasteiger charge is -2.37. The van der Waals surface area contributed by atoms with Gasteiger partial charge in [0.1, 0.15) is 0 Å². The van der Waals surface area contributed by atoms with Crippen LogP contribution in [0.4, 0.5) is 34.1 Å². The highest BCUT2D eigenvalue weighted by Crippen LogP contribution is 2.57. The number of pyridine rings is 2. The molecule has 46 heavy (non-hydrogen) atoms. The van der Waals surface area contributed by atoms with Crippen LogP contribution in [0.5, 0.6) is 23.0 Å². The zero-order valence-corrected chi connectivity index (χ0v) is 24.6. The van der Waals surface area contributed by atoms with E-state index >= 15 is 0 Å². The molecular formula is C40H26N4O2. The molecule has 6 heteroatoms. The average molecular weight is 595 g/mol. The van der Waals surface area contributed by atoms with E-state index in [1.807, 2.05) is 109 Å². The topological polar surface area (TPSA) is 50.7 Å². The summed E-state index contributed by atoms with van der Waals surface area (Å²) in [7, 11) is 0. The number of ether oxygens (including phenoxy) is 2. The van der Waals surface area contributed by atoms with Crippen LogP contribution >= 0.6 is 0 Å². The van der Waals surface area contributed by atoms with Gasteiger partial charge in [0.2, 0.25) is 0 Å². The number of aromatic nitrogens is 2. The van der Waals surface area contributed by atoms with Gasteiger partial charge >= 0.3 is 0 Å². The summed E-state index contributed by atoms with van der Waals surface area (Å²) in [5.41, 5.74) is 9.32. The molecule has 218 valence electrons. The molecule has 5 aromatic carbocycles. The van der Waals surface area contributed by atoms with Gasteiger partial charge in [0.15, 0.2) is 23.0 Å². The summed E-state index contributed by atoms with van der Waals surface area (Å²) >= 11 is 0. The zero-order valence-electron chi connectivity index (χ0n) is 24.6. The average Bonchev–Trinajstić information content (AvgIpc) is 3.13. The number of rotatable bonds is 4. The number of fused-ring (bicyclic) bond motifs is 4. The molecule has 0 saturated carbocycles. The maximum absolute atomic E-state index is 6.39. The van der Waals surface area contributed by atoms with Crippen molar-refractivity contribution < 1.29 is 9.47 Å². The Morgan fingerprint density at radius 2 is 0.674 bits per heavy atom. The molecule has 0 unspecified atom stereocenters. The summed E-state index contributed by atoms with van der Waals surface area (Å²) in [6, 6.07) is 49.1. The summed E-state index contributed by atoms with van der Waals surface area (Å²) in [6.45, 7) is 0. The lowest BCUT2D eigenvalue weighted by molar-refractivity contribution is 0.476. The van der Waals surface area contributed by atoms with Gasteiger partial charge < -0.3 is 19.3 Å². The van der Waals surface area contributed by atoms with E-state index in [2.05, 4.69) is 58.3 Å². The van der Waals surface area contributed by atoms with Gasteiger partial charge in [-0.1, -0.05) is 60.7 Å². The second-order valence-electron chi connectivity index (χ2n) is 11.1. The molecule has 2 aliphatic rings. The van der Waals surface area contributed by atoms with Crippen LogP contribution in [0.2, 0.25) is 0 Å². The second-order valence-corrected chi connectivity index (χ2v) is 11.1. The summed E-state index contributed by atoms with van der Waals surface area (Å²) in [6.07, 6.45) is 3.68. The van der Waals surface area contributed by atoms with E-state index in [-0.39, 0.29) is 0 Å². The molecule has 2 aromatic heterocycles. The minimum atomic E-state index is 0.785. The van der Waals surface area contributed by atoms with Crippen molar-refractivity contribution in [3.05, 3.63) is 158 Å². The smallest absolute Gasteiger partial charge is 0.151 e. The first-order valence-corrected chi connectivity index (χ1v) is 15.2. The Morgan fingerprint density at radius 3 is 1.00 bits per heavy atom. The Morgan fingerprint density at radius 1 is 0.348 bits per heavy atom. The summed E-state index contributed by atoms with van der Waals surface area (Å²) in [5, 5.41) is 0. The summed E-state index contributed by atoms with van der Waals surface area (Å²) in [5.74, 6) is 3.14. The Bertz CT molecular complexity index is 1990. The highest BCUT2D eigenvalue weighted by Gasteiger charge is 2.32. The Hall–Kier alpha value is -6.40. The van der Waals surface area contributed by atoms with Gasteiger partial charge in [-0.05, 0) is 84.9 Å². The first-order valence-electron chi connectivity index (χ1n) is 15.2. The highest BCUT2D eigenvalue weighted by atomic mass is 16.5. The van der Waals surface area contributed by atoms with Crippen molar-refractivity contribution in [2.45, 2.75) is 0 Å². The van der Waals surface area contributed by atoms with Crippen molar-refractivity contribution in [2.75, 3.05) is 9.80 Å². The normalized spacial score (nSPS) is 12.6. The van der Waals surface area contributed by atoms with E-state index < -0.39 is 0 Å². The van der Waals surface area contributed by atoms with Crippen LogP contribution in [0.25, 0.3) is 22.5 Å². The monoisotopic (exact) mass is 594 g/mol. The summed E-state index contributed by atoms with van der Waals surface area (Å²) in [4.78, 5) is 14.3. The fourth-order valence-corrected chi connectivity index (χ4v) is 6.33. The van der Waals surface area contributed by atoms with Crippen molar-refractivity contribution >= 4 is 34.1 Å². The third kappa shape index (κ3) is 4.19. The first kappa shape index (κ1) is 26.0. The first-order chi connectivity index (χ1) is 22.8. The van der Waals surface area contributed by atoms with Gasteiger partial charge in [0.05, 0.1) is 45.5 Å². The fourth-order valence-electron chi connectivity index (χ4n) is 6.33. The molecule has 4 heterocycles. The van der Waals surface area contributed by atoms with Crippen molar-refractivity contribution in [3.8, 4) is 45.5 Å².